The molecule has 134 valence electrons. The molecule has 0 bridgehead atoms. The fourth-order valence-corrected chi connectivity index (χ4v) is 3.28. The lowest BCUT2D eigenvalue weighted by Gasteiger charge is -2.28. The minimum absolute atomic E-state index is 0.0986. The Kier molecular flexibility index (Phi) is 4.38. The highest BCUT2D eigenvalue weighted by molar-refractivity contribution is 6.30. The second-order valence-corrected chi connectivity index (χ2v) is 6.79. The van der Waals surface area contributed by atoms with Crippen LogP contribution in [0.3, 0.4) is 0 Å². The summed E-state index contributed by atoms with van der Waals surface area (Å²) < 4.78 is 6.99. The maximum absolute atomic E-state index is 12.9. The highest BCUT2D eigenvalue weighted by Crippen LogP contribution is 2.29. The van der Waals surface area contributed by atoms with Gasteiger partial charge in [0.25, 0.3) is 5.56 Å². The molecule has 0 amide bonds. The van der Waals surface area contributed by atoms with E-state index in [0.29, 0.717) is 40.7 Å². The molecule has 1 saturated heterocycles. The zero-order chi connectivity index (χ0) is 18.3. The van der Waals surface area contributed by atoms with Gasteiger partial charge in [0.2, 0.25) is 0 Å². The van der Waals surface area contributed by atoms with Crippen LogP contribution in [-0.2, 0) is 11.8 Å². The molecule has 2 aromatic heterocycles. The predicted octanol–water partition coefficient (Wildman–Crippen LogP) is 2.79. The van der Waals surface area contributed by atoms with E-state index in [2.05, 4.69) is 9.88 Å². The Balaban J connectivity index is 2.00. The molecule has 0 atom stereocenters. The van der Waals surface area contributed by atoms with Crippen molar-refractivity contribution in [2.75, 3.05) is 31.2 Å². The molecule has 7 heteroatoms. The molecule has 0 aliphatic carbocycles. The lowest BCUT2D eigenvalue weighted by molar-refractivity contribution is 0.122. The van der Waals surface area contributed by atoms with Gasteiger partial charge in [-0.2, -0.15) is 0 Å². The first-order valence-corrected chi connectivity index (χ1v) is 8.89. The number of hydrogen-bond donors (Lipinski definition) is 0. The van der Waals surface area contributed by atoms with Gasteiger partial charge in [-0.15, -0.1) is 0 Å². The summed E-state index contributed by atoms with van der Waals surface area (Å²) in [4.78, 5) is 24.5. The van der Waals surface area contributed by atoms with Crippen molar-refractivity contribution in [2.45, 2.75) is 6.92 Å². The lowest BCUT2D eigenvalue weighted by atomic mass is 10.1. The number of benzene rings is 1. The summed E-state index contributed by atoms with van der Waals surface area (Å²) in [5, 5.41) is 1.17. The number of aromatic nitrogens is 3. The Morgan fingerprint density at radius 2 is 1.81 bits per heavy atom. The van der Waals surface area contributed by atoms with E-state index in [4.69, 9.17) is 21.3 Å². The van der Waals surface area contributed by atoms with E-state index < -0.39 is 0 Å². The standard InChI is InChI=1S/C19H19ClN4O2/c1-12-21-15-11-16(24-7-9-26-10-8-24)22-18(17(15)19(25)23(12)2)13-3-5-14(20)6-4-13/h3-6,11H,7-10H2,1-2H3. The van der Waals surface area contributed by atoms with Crippen molar-refractivity contribution in [3.63, 3.8) is 0 Å². The molecule has 0 radical (unpaired) electrons. The van der Waals surface area contributed by atoms with Crippen molar-refractivity contribution in [3.8, 4) is 11.3 Å². The highest BCUT2D eigenvalue weighted by atomic mass is 35.5. The van der Waals surface area contributed by atoms with E-state index in [0.717, 1.165) is 24.5 Å². The Morgan fingerprint density at radius 1 is 1.12 bits per heavy atom. The van der Waals surface area contributed by atoms with E-state index in [9.17, 15) is 4.79 Å². The molecule has 0 saturated carbocycles. The van der Waals surface area contributed by atoms with E-state index in [-0.39, 0.29) is 5.56 Å². The van der Waals surface area contributed by atoms with Gasteiger partial charge in [0.15, 0.2) is 0 Å². The summed E-state index contributed by atoms with van der Waals surface area (Å²) in [5.74, 6) is 1.48. The molecule has 1 aliphatic rings. The quantitative estimate of drug-likeness (QED) is 0.694. The number of pyridine rings is 1. The van der Waals surface area contributed by atoms with Gasteiger partial charge in [-0.25, -0.2) is 9.97 Å². The molecule has 1 fully saturated rings. The largest absolute Gasteiger partial charge is 0.378 e. The predicted molar refractivity (Wildman–Crippen MR) is 103 cm³/mol. The van der Waals surface area contributed by atoms with Crippen LogP contribution in [0.5, 0.6) is 0 Å². The molecule has 1 aliphatic heterocycles. The van der Waals surface area contributed by atoms with Crippen LogP contribution in [0.15, 0.2) is 35.1 Å². The second-order valence-electron chi connectivity index (χ2n) is 6.35. The molecule has 6 nitrogen and oxygen atoms in total. The third-order valence-corrected chi connectivity index (χ3v) is 4.98. The number of nitrogens with zero attached hydrogens (tertiary/aromatic N) is 4. The third kappa shape index (κ3) is 2.95. The summed E-state index contributed by atoms with van der Waals surface area (Å²) in [6, 6.07) is 9.27. The zero-order valence-electron chi connectivity index (χ0n) is 14.7. The second kappa shape index (κ2) is 6.70. The van der Waals surface area contributed by atoms with Crippen LogP contribution in [-0.4, -0.2) is 40.8 Å². The molecule has 0 N–H and O–H groups in total. The van der Waals surface area contributed by atoms with E-state index in [1.165, 1.54) is 0 Å². The van der Waals surface area contributed by atoms with Gasteiger partial charge in [-0.3, -0.25) is 9.36 Å². The summed E-state index contributed by atoms with van der Waals surface area (Å²) in [6.45, 7) is 4.69. The number of fused-ring (bicyclic) bond motifs is 1. The average Bonchev–Trinajstić information content (AvgIpc) is 2.66. The van der Waals surface area contributed by atoms with Crippen LogP contribution in [0, 0.1) is 6.92 Å². The van der Waals surface area contributed by atoms with Crippen molar-refractivity contribution >= 4 is 28.3 Å². The van der Waals surface area contributed by atoms with Gasteiger partial charge in [0.05, 0.1) is 29.8 Å². The van der Waals surface area contributed by atoms with Gasteiger partial charge < -0.3 is 9.64 Å². The first kappa shape index (κ1) is 17.0. The number of rotatable bonds is 2. The molecule has 26 heavy (non-hydrogen) atoms. The van der Waals surface area contributed by atoms with Gasteiger partial charge in [0, 0.05) is 36.8 Å². The van der Waals surface area contributed by atoms with Crippen molar-refractivity contribution in [1.82, 2.24) is 14.5 Å². The number of ether oxygens (including phenoxy) is 1. The Morgan fingerprint density at radius 3 is 2.50 bits per heavy atom. The van der Waals surface area contributed by atoms with Crippen molar-refractivity contribution in [3.05, 3.63) is 51.5 Å². The Labute approximate surface area is 156 Å². The summed E-state index contributed by atoms with van der Waals surface area (Å²) in [7, 11) is 1.73. The monoisotopic (exact) mass is 370 g/mol. The van der Waals surface area contributed by atoms with Crippen molar-refractivity contribution < 1.29 is 4.74 Å². The fraction of sp³-hybridized carbons (Fsp3) is 0.316. The van der Waals surface area contributed by atoms with Crippen LogP contribution < -0.4 is 10.5 Å². The molecule has 3 heterocycles. The summed E-state index contributed by atoms with van der Waals surface area (Å²) in [6.07, 6.45) is 0. The van der Waals surface area contributed by atoms with Gasteiger partial charge in [-0.05, 0) is 19.1 Å². The lowest BCUT2D eigenvalue weighted by Crippen LogP contribution is -2.37. The Hall–Kier alpha value is -2.44. The molecule has 0 unspecified atom stereocenters. The van der Waals surface area contributed by atoms with Crippen LogP contribution >= 0.6 is 11.6 Å². The molecule has 3 aromatic rings. The SMILES string of the molecule is Cc1nc2cc(N3CCOCC3)nc(-c3ccc(Cl)cc3)c2c(=O)n1C. The topological polar surface area (TPSA) is 60.2 Å². The van der Waals surface area contributed by atoms with Gasteiger partial charge in [-0.1, -0.05) is 23.7 Å². The normalized spacial score (nSPS) is 14.8. The molecular weight excluding hydrogens is 352 g/mol. The number of halogens is 1. The molecule has 0 spiro atoms. The van der Waals surface area contributed by atoms with Crippen LogP contribution in [0.25, 0.3) is 22.2 Å². The van der Waals surface area contributed by atoms with Gasteiger partial charge in [0.1, 0.15) is 11.6 Å². The van der Waals surface area contributed by atoms with Crippen LogP contribution in [0.2, 0.25) is 5.02 Å². The minimum atomic E-state index is -0.0986. The van der Waals surface area contributed by atoms with Crippen molar-refractivity contribution in [2.24, 2.45) is 7.05 Å². The number of morpholine rings is 1. The maximum Gasteiger partial charge on any atom is 0.263 e. The highest BCUT2D eigenvalue weighted by Gasteiger charge is 2.19. The van der Waals surface area contributed by atoms with Gasteiger partial charge >= 0.3 is 0 Å². The minimum Gasteiger partial charge on any atom is -0.378 e. The maximum atomic E-state index is 12.9. The molecular formula is C19H19ClN4O2. The van der Waals surface area contributed by atoms with E-state index in [1.54, 1.807) is 23.7 Å². The number of anilines is 1. The first-order valence-electron chi connectivity index (χ1n) is 8.51. The fourth-order valence-electron chi connectivity index (χ4n) is 3.15. The first-order chi connectivity index (χ1) is 12.5. The summed E-state index contributed by atoms with van der Waals surface area (Å²) >= 11 is 6.03. The molecule has 1 aromatic carbocycles. The zero-order valence-corrected chi connectivity index (χ0v) is 15.5. The molecule has 4 rings (SSSR count). The van der Waals surface area contributed by atoms with E-state index >= 15 is 0 Å². The van der Waals surface area contributed by atoms with Crippen molar-refractivity contribution in [1.29, 1.82) is 0 Å². The smallest absolute Gasteiger partial charge is 0.263 e. The van der Waals surface area contributed by atoms with Crippen LogP contribution in [0.1, 0.15) is 5.82 Å². The van der Waals surface area contributed by atoms with Crippen LogP contribution in [0.4, 0.5) is 5.82 Å². The van der Waals surface area contributed by atoms with E-state index in [1.807, 2.05) is 25.1 Å². The number of aryl methyl sites for hydroxylation is 1. The number of hydrogen-bond acceptors (Lipinski definition) is 5. The average molecular weight is 371 g/mol. The Bertz CT molecular complexity index is 1020. The third-order valence-electron chi connectivity index (χ3n) is 4.72. The summed E-state index contributed by atoms with van der Waals surface area (Å²) in [5.41, 5.74) is 2.04.